The largest absolute Gasteiger partial charge is 0.280 e. The second-order valence-corrected chi connectivity index (χ2v) is 8.79. The number of anilines is 1. The monoisotopic (exact) mass is 335 g/mol. The van der Waals surface area contributed by atoms with Crippen molar-refractivity contribution in [1.82, 2.24) is 9.78 Å². The average Bonchev–Trinajstić information content (AvgIpc) is 2.83. The molecule has 1 N–H and O–H groups in total. The normalized spacial score (nSPS) is 12.7. The van der Waals surface area contributed by atoms with Gasteiger partial charge in [-0.05, 0) is 38.5 Å². The zero-order valence-electron chi connectivity index (χ0n) is 14.6. The zero-order valence-corrected chi connectivity index (χ0v) is 15.4. The van der Waals surface area contributed by atoms with Gasteiger partial charge >= 0.3 is 0 Å². The van der Waals surface area contributed by atoms with Crippen LogP contribution in [0.3, 0.4) is 0 Å². The summed E-state index contributed by atoms with van der Waals surface area (Å²) >= 11 is 0. The number of aryl methyl sites for hydroxylation is 1. The molecule has 0 fully saturated rings. The lowest BCUT2D eigenvalue weighted by Gasteiger charge is -2.18. The van der Waals surface area contributed by atoms with Crippen molar-refractivity contribution in [2.75, 3.05) is 4.72 Å². The van der Waals surface area contributed by atoms with Gasteiger partial charge in [0.15, 0.2) is 0 Å². The molecule has 1 aromatic heterocycles. The number of sulfonamides is 1. The van der Waals surface area contributed by atoms with Crippen molar-refractivity contribution < 1.29 is 8.42 Å². The van der Waals surface area contributed by atoms with Crippen molar-refractivity contribution in [3.63, 3.8) is 0 Å². The summed E-state index contributed by atoms with van der Waals surface area (Å²) < 4.78 is 30.1. The van der Waals surface area contributed by atoms with Gasteiger partial charge in [-0.2, -0.15) is 5.10 Å². The highest BCUT2D eigenvalue weighted by atomic mass is 32.2. The van der Waals surface area contributed by atoms with Crippen LogP contribution in [0.2, 0.25) is 0 Å². The molecule has 0 aliphatic heterocycles. The van der Waals surface area contributed by atoms with Crippen molar-refractivity contribution in [3.05, 3.63) is 41.7 Å². The summed E-state index contributed by atoms with van der Waals surface area (Å²) in [6.45, 7) is 11.8. The molecule has 0 aliphatic rings. The van der Waals surface area contributed by atoms with Crippen LogP contribution in [0.25, 0.3) is 0 Å². The van der Waals surface area contributed by atoms with Crippen LogP contribution in [0, 0.1) is 6.92 Å². The van der Waals surface area contributed by atoms with Gasteiger partial charge in [-0.25, -0.2) is 8.42 Å². The minimum Gasteiger partial charge on any atom is -0.280 e. The molecule has 0 unspecified atom stereocenters. The summed E-state index contributed by atoms with van der Waals surface area (Å²) in [5.74, 6) is 0. The van der Waals surface area contributed by atoms with Crippen LogP contribution in [-0.2, 0) is 15.4 Å². The lowest BCUT2D eigenvalue weighted by Crippen LogP contribution is -2.20. The van der Waals surface area contributed by atoms with Gasteiger partial charge in [0, 0.05) is 23.3 Å². The van der Waals surface area contributed by atoms with Crippen molar-refractivity contribution in [1.29, 1.82) is 0 Å². The minimum atomic E-state index is -3.69. The first kappa shape index (κ1) is 17.5. The first-order chi connectivity index (χ1) is 10.5. The van der Waals surface area contributed by atoms with E-state index in [0.717, 1.165) is 5.56 Å². The molecule has 126 valence electrons. The van der Waals surface area contributed by atoms with Crippen LogP contribution < -0.4 is 4.72 Å². The number of benzene rings is 1. The number of aromatic nitrogens is 2. The van der Waals surface area contributed by atoms with E-state index >= 15 is 0 Å². The lowest BCUT2D eigenvalue weighted by molar-refractivity contribution is 0.493. The topological polar surface area (TPSA) is 64.0 Å². The van der Waals surface area contributed by atoms with Crippen molar-refractivity contribution >= 4 is 15.7 Å². The van der Waals surface area contributed by atoms with E-state index < -0.39 is 10.0 Å². The van der Waals surface area contributed by atoms with Crippen molar-refractivity contribution in [2.24, 2.45) is 0 Å². The van der Waals surface area contributed by atoms with Crippen molar-refractivity contribution in [2.45, 2.75) is 57.9 Å². The predicted molar refractivity (Wildman–Crippen MR) is 93.3 cm³/mol. The Morgan fingerprint density at radius 2 is 1.87 bits per heavy atom. The molecule has 2 rings (SSSR count). The standard InChI is InChI=1S/C17H25N3O2S/c1-12(2)20-11-15(16(18-20)17(4,5)6)23(21,22)19-14-9-7-8-13(3)10-14/h7-12,19H,1-6H3. The fourth-order valence-corrected chi connectivity index (χ4v) is 3.67. The third-order valence-electron chi connectivity index (χ3n) is 3.50. The molecule has 1 heterocycles. The maximum atomic E-state index is 12.9. The van der Waals surface area contributed by atoms with E-state index in [9.17, 15) is 8.42 Å². The van der Waals surface area contributed by atoms with E-state index in [0.29, 0.717) is 11.4 Å². The number of rotatable bonds is 4. The predicted octanol–water partition coefficient (Wildman–Crippen LogP) is 3.87. The van der Waals surface area contributed by atoms with Crippen LogP contribution in [0.1, 0.15) is 51.9 Å². The van der Waals surface area contributed by atoms with Crippen LogP contribution >= 0.6 is 0 Å². The molecular formula is C17H25N3O2S. The SMILES string of the molecule is Cc1cccc(NS(=O)(=O)c2cn(C(C)C)nc2C(C)(C)C)c1. The van der Waals surface area contributed by atoms with E-state index in [4.69, 9.17) is 0 Å². The second kappa shape index (κ2) is 6.00. The molecule has 0 radical (unpaired) electrons. The van der Waals surface area contributed by atoms with Gasteiger partial charge in [-0.1, -0.05) is 32.9 Å². The van der Waals surface area contributed by atoms with Gasteiger partial charge in [0.25, 0.3) is 10.0 Å². The highest BCUT2D eigenvalue weighted by Crippen LogP contribution is 2.30. The molecule has 23 heavy (non-hydrogen) atoms. The maximum Gasteiger partial charge on any atom is 0.265 e. The van der Waals surface area contributed by atoms with E-state index in [1.807, 2.05) is 53.7 Å². The third kappa shape index (κ3) is 3.93. The van der Waals surface area contributed by atoms with Crippen LogP contribution in [0.4, 0.5) is 5.69 Å². The highest BCUT2D eigenvalue weighted by Gasteiger charge is 2.30. The molecule has 0 saturated carbocycles. The van der Waals surface area contributed by atoms with E-state index in [1.165, 1.54) is 0 Å². The summed E-state index contributed by atoms with van der Waals surface area (Å²) in [6, 6.07) is 7.40. The molecule has 0 spiro atoms. The van der Waals surface area contributed by atoms with E-state index in [1.54, 1.807) is 23.0 Å². The summed E-state index contributed by atoms with van der Waals surface area (Å²) in [7, 11) is -3.69. The Morgan fingerprint density at radius 3 is 2.39 bits per heavy atom. The maximum absolute atomic E-state index is 12.9. The average molecular weight is 335 g/mol. The Kier molecular flexibility index (Phi) is 4.57. The highest BCUT2D eigenvalue weighted by molar-refractivity contribution is 7.92. The Morgan fingerprint density at radius 1 is 1.22 bits per heavy atom. The van der Waals surface area contributed by atoms with E-state index in [-0.39, 0.29) is 16.4 Å². The van der Waals surface area contributed by atoms with Crippen LogP contribution in [0.5, 0.6) is 0 Å². The number of hydrogen-bond acceptors (Lipinski definition) is 3. The van der Waals surface area contributed by atoms with Gasteiger partial charge < -0.3 is 0 Å². The first-order valence-corrected chi connectivity index (χ1v) is 9.18. The van der Waals surface area contributed by atoms with Crippen molar-refractivity contribution in [3.8, 4) is 0 Å². The molecule has 2 aromatic rings. The minimum absolute atomic E-state index is 0.0963. The molecule has 0 aliphatic carbocycles. The van der Waals surface area contributed by atoms with Crippen LogP contribution in [0.15, 0.2) is 35.4 Å². The van der Waals surface area contributed by atoms with Gasteiger partial charge in [-0.3, -0.25) is 9.40 Å². The molecule has 6 heteroatoms. The Bertz CT molecular complexity index is 799. The molecule has 0 amide bonds. The molecule has 5 nitrogen and oxygen atoms in total. The lowest BCUT2D eigenvalue weighted by atomic mass is 9.92. The Balaban J connectivity index is 2.50. The van der Waals surface area contributed by atoms with Gasteiger partial charge in [-0.15, -0.1) is 0 Å². The van der Waals surface area contributed by atoms with Crippen LogP contribution in [-0.4, -0.2) is 18.2 Å². The quantitative estimate of drug-likeness (QED) is 0.922. The van der Waals surface area contributed by atoms with E-state index in [2.05, 4.69) is 9.82 Å². The Hall–Kier alpha value is -1.82. The van der Waals surface area contributed by atoms with Gasteiger partial charge in [0.1, 0.15) is 4.90 Å². The number of hydrogen-bond donors (Lipinski definition) is 1. The molecule has 0 bridgehead atoms. The van der Waals surface area contributed by atoms with Gasteiger partial charge in [0.05, 0.1) is 5.69 Å². The number of nitrogens with zero attached hydrogens (tertiary/aromatic N) is 2. The third-order valence-corrected chi connectivity index (χ3v) is 4.88. The summed E-state index contributed by atoms with van der Waals surface area (Å²) in [5.41, 5.74) is 1.77. The smallest absolute Gasteiger partial charge is 0.265 e. The Labute approximate surface area is 138 Å². The number of nitrogens with one attached hydrogen (secondary N) is 1. The molecular weight excluding hydrogens is 310 g/mol. The molecule has 0 saturated heterocycles. The summed E-state index contributed by atoms with van der Waals surface area (Å²) in [6.07, 6.45) is 1.61. The van der Waals surface area contributed by atoms with Gasteiger partial charge in [0.2, 0.25) is 0 Å². The fourth-order valence-electron chi connectivity index (χ4n) is 2.27. The summed E-state index contributed by atoms with van der Waals surface area (Å²) in [4.78, 5) is 0.236. The molecule has 1 aromatic carbocycles. The first-order valence-electron chi connectivity index (χ1n) is 7.70. The summed E-state index contributed by atoms with van der Waals surface area (Å²) in [5, 5.41) is 4.50. The molecule has 0 atom stereocenters. The second-order valence-electron chi connectivity index (χ2n) is 7.14. The fraction of sp³-hybridized carbons (Fsp3) is 0.471. The zero-order chi connectivity index (χ0) is 17.4.